The SMILES string of the molecule is CCNCC(C[Si](C)(C)C)c1ccc(Br)cc1. The molecule has 1 aromatic rings. The highest BCUT2D eigenvalue weighted by atomic mass is 79.9. The van der Waals surface area contributed by atoms with Crippen molar-refractivity contribution in [3.05, 3.63) is 34.3 Å². The maximum atomic E-state index is 3.50. The number of nitrogens with one attached hydrogen (secondary N) is 1. The minimum absolute atomic E-state index is 0.662. The van der Waals surface area contributed by atoms with Gasteiger partial charge in [0.05, 0.1) is 0 Å². The van der Waals surface area contributed by atoms with Crippen LogP contribution in [-0.4, -0.2) is 21.2 Å². The normalized spacial score (nSPS) is 13.7. The Balaban J connectivity index is 2.78. The molecule has 17 heavy (non-hydrogen) atoms. The minimum Gasteiger partial charge on any atom is -0.316 e. The van der Waals surface area contributed by atoms with Crippen LogP contribution in [0.3, 0.4) is 0 Å². The first-order valence-electron chi connectivity index (χ1n) is 6.38. The fourth-order valence-electron chi connectivity index (χ4n) is 2.10. The zero-order valence-electron chi connectivity index (χ0n) is 11.4. The van der Waals surface area contributed by atoms with Gasteiger partial charge < -0.3 is 5.32 Å². The number of hydrogen-bond donors (Lipinski definition) is 1. The van der Waals surface area contributed by atoms with Gasteiger partial charge >= 0.3 is 0 Å². The summed E-state index contributed by atoms with van der Waals surface area (Å²) < 4.78 is 1.16. The summed E-state index contributed by atoms with van der Waals surface area (Å²) in [5.74, 6) is 0.662. The van der Waals surface area contributed by atoms with Crippen LogP contribution < -0.4 is 5.32 Å². The third-order valence-corrected chi connectivity index (χ3v) is 5.09. The van der Waals surface area contributed by atoms with Crippen molar-refractivity contribution in [2.45, 2.75) is 38.5 Å². The van der Waals surface area contributed by atoms with E-state index in [-0.39, 0.29) is 0 Å². The molecule has 0 spiro atoms. The van der Waals surface area contributed by atoms with Crippen LogP contribution in [-0.2, 0) is 0 Å². The lowest BCUT2D eigenvalue weighted by atomic mass is 10.0. The van der Waals surface area contributed by atoms with Gasteiger partial charge in [0.15, 0.2) is 0 Å². The van der Waals surface area contributed by atoms with E-state index >= 15 is 0 Å². The quantitative estimate of drug-likeness (QED) is 0.763. The first-order valence-corrected chi connectivity index (χ1v) is 10.9. The molecule has 1 N–H and O–H groups in total. The zero-order chi connectivity index (χ0) is 12.9. The number of halogens is 1. The molecule has 3 heteroatoms. The summed E-state index contributed by atoms with van der Waals surface area (Å²) >= 11 is 3.50. The highest BCUT2D eigenvalue weighted by molar-refractivity contribution is 9.10. The second-order valence-electron chi connectivity index (χ2n) is 5.82. The topological polar surface area (TPSA) is 12.0 Å². The Hall–Kier alpha value is -0.123. The number of hydrogen-bond acceptors (Lipinski definition) is 1. The summed E-state index contributed by atoms with van der Waals surface area (Å²) in [7, 11) is -1.02. The van der Waals surface area contributed by atoms with Gasteiger partial charge in [-0.05, 0) is 36.2 Å². The summed E-state index contributed by atoms with van der Waals surface area (Å²) in [4.78, 5) is 0. The Morgan fingerprint density at radius 2 is 1.76 bits per heavy atom. The molecule has 0 aromatic heterocycles. The summed E-state index contributed by atoms with van der Waals surface area (Å²) in [5, 5.41) is 3.49. The molecular formula is C14H24BrNSi. The van der Waals surface area contributed by atoms with Gasteiger partial charge in [-0.1, -0.05) is 54.6 Å². The first-order chi connectivity index (χ1) is 7.92. The van der Waals surface area contributed by atoms with Gasteiger partial charge in [-0.15, -0.1) is 0 Å². The smallest absolute Gasteiger partial charge is 0.0449 e. The Labute approximate surface area is 115 Å². The van der Waals surface area contributed by atoms with Gasteiger partial charge in [0.1, 0.15) is 0 Å². The van der Waals surface area contributed by atoms with Gasteiger partial charge in [-0.25, -0.2) is 0 Å². The van der Waals surface area contributed by atoms with Crippen LogP contribution in [0, 0.1) is 0 Å². The molecule has 96 valence electrons. The lowest BCUT2D eigenvalue weighted by molar-refractivity contribution is 0.629. The Kier molecular flexibility index (Phi) is 5.90. The van der Waals surface area contributed by atoms with Gasteiger partial charge in [0.25, 0.3) is 0 Å². The van der Waals surface area contributed by atoms with Crippen LogP contribution in [0.5, 0.6) is 0 Å². The molecule has 1 rings (SSSR count). The molecule has 0 aliphatic heterocycles. The molecule has 0 heterocycles. The third kappa shape index (κ3) is 5.84. The highest BCUT2D eigenvalue weighted by Crippen LogP contribution is 2.27. The highest BCUT2D eigenvalue weighted by Gasteiger charge is 2.21. The average molecular weight is 314 g/mol. The molecule has 1 atom stereocenters. The third-order valence-electron chi connectivity index (χ3n) is 2.84. The second-order valence-corrected chi connectivity index (χ2v) is 12.3. The standard InChI is InChI=1S/C14H24BrNSi/c1-5-16-10-13(11-17(2,3)4)12-6-8-14(15)9-7-12/h6-9,13,16H,5,10-11H2,1-4H3. The molecule has 0 radical (unpaired) electrons. The molecule has 0 bridgehead atoms. The van der Waals surface area contributed by atoms with Crippen molar-refractivity contribution in [3.63, 3.8) is 0 Å². The van der Waals surface area contributed by atoms with Crippen molar-refractivity contribution < 1.29 is 0 Å². The Bertz CT molecular complexity index is 329. The average Bonchev–Trinajstić information content (AvgIpc) is 2.24. The van der Waals surface area contributed by atoms with Crippen LogP contribution in [0.2, 0.25) is 25.7 Å². The number of benzene rings is 1. The fourth-order valence-corrected chi connectivity index (χ4v) is 4.22. The molecule has 1 aromatic carbocycles. The molecule has 1 nitrogen and oxygen atoms in total. The van der Waals surface area contributed by atoms with Crippen LogP contribution in [0.4, 0.5) is 0 Å². The maximum Gasteiger partial charge on any atom is 0.0449 e. The summed E-state index contributed by atoms with van der Waals surface area (Å²) in [6, 6.07) is 10.2. The molecule has 0 aliphatic rings. The monoisotopic (exact) mass is 313 g/mol. The fraction of sp³-hybridized carbons (Fsp3) is 0.571. The molecule has 0 aliphatic carbocycles. The van der Waals surface area contributed by atoms with E-state index in [1.165, 1.54) is 11.6 Å². The van der Waals surface area contributed by atoms with Gasteiger partial charge in [0, 0.05) is 19.1 Å². The summed E-state index contributed by atoms with van der Waals surface area (Å²) in [6.45, 7) is 11.7. The van der Waals surface area contributed by atoms with E-state index in [2.05, 4.69) is 72.1 Å². The van der Waals surface area contributed by atoms with Gasteiger partial charge in [-0.3, -0.25) is 0 Å². The molecule has 1 unspecified atom stereocenters. The minimum atomic E-state index is -1.02. The van der Waals surface area contributed by atoms with Crippen molar-refractivity contribution in [1.82, 2.24) is 5.32 Å². The van der Waals surface area contributed by atoms with Gasteiger partial charge in [-0.2, -0.15) is 0 Å². The lowest BCUT2D eigenvalue weighted by Gasteiger charge is -2.25. The molecule has 0 saturated carbocycles. The van der Waals surface area contributed by atoms with Crippen molar-refractivity contribution >= 4 is 24.0 Å². The van der Waals surface area contributed by atoms with E-state index in [1.807, 2.05) is 0 Å². The van der Waals surface area contributed by atoms with E-state index in [0.717, 1.165) is 17.6 Å². The van der Waals surface area contributed by atoms with Crippen molar-refractivity contribution in [1.29, 1.82) is 0 Å². The number of rotatable bonds is 6. The van der Waals surface area contributed by atoms with Crippen LogP contribution in [0.15, 0.2) is 28.7 Å². The largest absolute Gasteiger partial charge is 0.316 e. The summed E-state index contributed by atoms with van der Waals surface area (Å²) in [6.07, 6.45) is 0. The zero-order valence-corrected chi connectivity index (χ0v) is 14.0. The number of likely N-dealkylation sites (N-methyl/N-ethyl adjacent to an activating group) is 1. The predicted molar refractivity (Wildman–Crippen MR) is 83.6 cm³/mol. The summed E-state index contributed by atoms with van der Waals surface area (Å²) in [5.41, 5.74) is 1.47. The van der Waals surface area contributed by atoms with E-state index in [1.54, 1.807) is 0 Å². The Morgan fingerprint density at radius 3 is 2.24 bits per heavy atom. The van der Waals surface area contributed by atoms with E-state index < -0.39 is 8.07 Å². The maximum absolute atomic E-state index is 3.50. The lowest BCUT2D eigenvalue weighted by Crippen LogP contribution is -2.29. The molecular weight excluding hydrogens is 290 g/mol. The van der Waals surface area contributed by atoms with E-state index in [4.69, 9.17) is 0 Å². The van der Waals surface area contributed by atoms with E-state index in [0.29, 0.717) is 5.92 Å². The van der Waals surface area contributed by atoms with E-state index in [9.17, 15) is 0 Å². The van der Waals surface area contributed by atoms with Gasteiger partial charge in [0.2, 0.25) is 0 Å². The van der Waals surface area contributed by atoms with Crippen molar-refractivity contribution in [2.24, 2.45) is 0 Å². The first kappa shape index (κ1) is 14.9. The van der Waals surface area contributed by atoms with Crippen LogP contribution in [0.25, 0.3) is 0 Å². The molecule has 0 fully saturated rings. The molecule has 0 amide bonds. The molecule has 0 saturated heterocycles. The van der Waals surface area contributed by atoms with Crippen molar-refractivity contribution in [2.75, 3.05) is 13.1 Å². The van der Waals surface area contributed by atoms with Crippen LogP contribution in [0.1, 0.15) is 18.4 Å². The van der Waals surface area contributed by atoms with Crippen molar-refractivity contribution in [3.8, 4) is 0 Å². The van der Waals surface area contributed by atoms with Crippen LogP contribution >= 0.6 is 15.9 Å². The second kappa shape index (κ2) is 6.71. The predicted octanol–water partition coefficient (Wildman–Crippen LogP) is 4.48. The Morgan fingerprint density at radius 1 is 1.18 bits per heavy atom.